The molecule has 0 amide bonds. The monoisotopic (exact) mass is 528 g/mol. The van der Waals surface area contributed by atoms with Gasteiger partial charge >= 0.3 is 186 Å². The maximum absolute atomic E-state index is 2.66. The molecule has 0 heterocycles. The third-order valence-corrected chi connectivity index (χ3v) is 43.3. The zero-order chi connectivity index (χ0) is 20.5. The molecule has 0 atom stereocenters. The normalized spacial score (nSPS) is 12.6. The van der Waals surface area contributed by atoms with Gasteiger partial charge in [-0.2, -0.15) is 0 Å². The molecule has 3 heteroatoms. The maximum atomic E-state index is 2.66. The van der Waals surface area contributed by atoms with E-state index in [1.807, 2.05) is 0 Å². The van der Waals surface area contributed by atoms with Gasteiger partial charge in [-0.3, -0.25) is 0 Å². The Labute approximate surface area is 185 Å². The molecule has 0 N–H and O–H groups in total. The molecule has 29 heavy (non-hydrogen) atoms. The Morgan fingerprint density at radius 2 is 0.897 bits per heavy atom. The average Bonchev–Trinajstić information content (AvgIpc) is 2.67. The van der Waals surface area contributed by atoms with Gasteiger partial charge < -0.3 is 0 Å². The van der Waals surface area contributed by atoms with Crippen LogP contribution in [0.5, 0.6) is 0 Å². The molecule has 0 unspecified atom stereocenters. The van der Waals surface area contributed by atoms with E-state index in [2.05, 4.69) is 111 Å². The molecule has 0 spiro atoms. The van der Waals surface area contributed by atoms with Crippen LogP contribution in [0.1, 0.15) is 11.1 Å². The van der Waals surface area contributed by atoms with Crippen LogP contribution in [0.15, 0.2) is 84.9 Å². The zero-order valence-electron chi connectivity index (χ0n) is 17.9. The van der Waals surface area contributed by atoms with Crippen molar-refractivity contribution < 1.29 is 0 Å². The van der Waals surface area contributed by atoms with Crippen LogP contribution in [0.4, 0.5) is 0 Å². The fourth-order valence-corrected chi connectivity index (χ4v) is 58.4. The molecule has 4 aromatic rings. The van der Waals surface area contributed by atoms with Gasteiger partial charge in [0.1, 0.15) is 0 Å². The van der Waals surface area contributed by atoms with E-state index >= 15 is 0 Å². The molecule has 0 radical (unpaired) electrons. The van der Waals surface area contributed by atoms with E-state index in [9.17, 15) is 0 Å². The first-order valence-electron chi connectivity index (χ1n) is 10.5. The topological polar surface area (TPSA) is 0 Å². The van der Waals surface area contributed by atoms with Crippen molar-refractivity contribution in [1.82, 2.24) is 0 Å². The molecule has 0 aliphatic heterocycles. The van der Waals surface area contributed by atoms with Crippen molar-refractivity contribution in [2.75, 3.05) is 0 Å². The molecule has 0 bridgehead atoms. The molecule has 0 nitrogen and oxygen atoms in total. The first kappa shape index (κ1) is 20.9. The van der Waals surface area contributed by atoms with Crippen LogP contribution in [-0.4, -0.2) is 30.6 Å². The van der Waals surface area contributed by atoms with Crippen molar-refractivity contribution in [2.45, 2.75) is 38.3 Å². The van der Waals surface area contributed by atoms with Crippen molar-refractivity contribution in [1.29, 1.82) is 0 Å². The van der Waals surface area contributed by atoms with Crippen molar-refractivity contribution in [3.05, 3.63) is 96.1 Å². The second-order valence-electron chi connectivity index (χ2n) is 9.25. The molecule has 4 rings (SSSR count). The number of hydrogen-bond acceptors (Lipinski definition) is 0. The Balaban J connectivity index is 1.56. The summed E-state index contributed by atoms with van der Waals surface area (Å²) in [4.78, 5) is 0. The predicted molar refractivity (Wildman–Crippen MR) is 136 cm³/mol. The molecule has 4 aromatic carbocycles. The summed E-state index contributed by atoms with van der Waals surface area (Å²) in [5, 5.41) is 5.72. The van der Waals surface area contributed by atoms with E-state index in [0.29, 0.717) is 0 Å². The van der Waals surface area contributed by atoms with Gasteiger partial charge in [-0.15, -0.1) is 0 Å². The van der Waals surface area contributed by atoms with E-state index in [-0.39, 0.29) is 19.3 Å². The van der Waals surface area contributed by atoms with E-state index in [1.54, 1.807) is 11.1 Å². The second-order valence-corrected chi connectivity index (χ2v) is 42.0. The number of hydrogen-bond donors (Lipinski definition) is 0. The van der Waals surface area contributed by atoms with Crippen LogP contribution in [-0.2, 0) is 12.1 Å². The summed E-state index contributed by atoms with van der Waals surface area (Å²) in [7, 11) is 0. The quantitative estimate of drug-likeness (QED) is 0.238. The number of fused-ring (bicyclic) bond motifs is 2. The van der Waals surface area contributed by atoms with Gasteiger partial charge in [-0.05, 0) is 0 Å². The Morgan fingerprint density at radius 3 is 1.34 bits per heavy atom. The summed E-state index contributed by atoms with van der Waals surface area (Å²) >= 11 is 0.0233. The average molecular weight is 526 g/mol. The molecule has 0 fully saturated rings. The Morgan fingerprint density at radius 1 is 0.517 bits per heavy atom. The molecule has 0 aromatic heterocycles. The fraction of sp³-hybridized carbons (Fsp3) is 0.231. The number of rotatable bonds is 6. The SMILES string of the molecule is C[Si](C)(Cc1cccc2ccccc12)[Te][Si](C)(C)Cc1cccc2ccccc12. The van der Waals surface area contributed by atoms with E-state index < -0.39 is 11.2 Å². The Kier molecular flexibility index (Phi) is 6.05. The summed E-state index contributed by atoms with van der Waals surface area (Å²) in [6.45, 7) is 10.6. The van der Waals surface area contributed by atoms with Crippen molar-refractivity contribution >= 4 is 52.1 Å². The van der Waals surface area contributed by atoms with Crippen molar-refractivity contribution in [3.8, 4) is 0 Å². The standard InChI is InChI=1S/C26H30Si2Te/c1-27(2,19-23-15-9-13-21-11-5-7-17-25(21)23)29-28(3,4)20-24-16-10-14-22-12-6-8-18-26(22)24/h5-18H,19-20H2,1-4H3. The van der Waals surface area contributed by atoms with Crippen LogP contribution in [0.25, 0.3) is 21.5 Å². The van der Waals surface area contributed by atoms with E-state index in [1.165, 1.54) is 33.6 Å². The minimum absolute atomic E-state index is 0.0233. The van der Waals surface area contributed by atoms with Crippen LogP contribution in [0.2, 0.25) is 26.2 Å². The first-order valence-corrected chi connectivity index (χ1v) is 23.7. The zero-order valence-corrected chi connectivity index (χ0v) is 22.2. The molecule has 0 aliphatic rings. The molecule has 0 saturated carbocycles. The minimum atomic E-state index is -1.23. The molecular weight excluding hydrogens is 496 g/mol. The van der Waals surface area contributed by atoms with Gasteiger partial charge in [0.05, 0.1) is 0 Å². The summed E-state index contributed by atoms with van der Waals surface area (Å²) < 4.78 is 0. The van der Waals surface area contributed by atoms with Crippen LogP contribution in [0, 0.1) is 0 Å². The second kappa shape index (κ2) is 8.40. The van der Waals surface area contributed by atoms with Crippen LogP contribution >= 0.6 is 0 Å². The van der Waals surface area contributed by atoms with Crippen LogP contribution in [0.3, 0.4) is 0 Å². The van der Waals surface area contributed by atoms with Gasteiger partial charge in [-0.25, -0.2) is 0 Å². The van der Waals surface area contributed by atoms with Crippen LogP contribution < -0.4 is 0 Å². The summed E-state index contributed by atoms with van der Waals surface area (Å²) in [5.41, 5.74) is 0.714. The predicted octanol–water partition coefficient (Wildman–Crippen LogP) is 6.97. The van der Waals surface area contributed by atoms with Crippen molar-refractivity contribution in [3.63, 3.8) is 0 Å². The number of benzene rings is 4. The summed E-state index contributed by atoms with van der Waals surface area (Å²) in [5.74, 6) is 0. The summed E-state index contributed by atoms with van der Waals surface area (Å²) in [6.07, 6.45) is 0. The van der Waals surface area contributed by atoms with Gasteiger partial charge in [-0.1, -0.05) is 0 Å². The molecule has 148 valence electrons. The third kappa shape index (κ3) is 5.03. The molecular formula is C26H30Si2Te. The van der Waals surface area contributed by atoms with E-state index in [4.69, 9.17) is 0 Å². The first-order chi connectivity index (χ1) is 13.8. The van der Waals surface area contributed by atoms with Gasteiger partial charge in [0, 0.05) is 0 Å². The Hall–Kier alpha value is -1.38. The Bertz CT molecular complexity index is 1050. The molecule has 0 saturated heterocycles. The van der Waals surface area contributed by atoms with Gasteiger partial charge in [0.25, 0.3) is 0 Å². The third-order valence-electron chi connectivity index (χ3n) is 5.54. The van der Waals surface area contributed by atoms with Gasteiger partial charge in [0.2, 0.25) is 0 Å². The van der Waals surface area contributed by atoms with E-state index in [0.717, 1.165) is 0 Å². The fourth-order valence-electron chi connectivity index (χ4n) is 4.63. The molecule has 0 aliphatic carbocycles. The summed E-state index contributed by atoms with van der Waals surface area (Å²) in [6, 6.07) is 34.3. The van der Waals surface area contributed by atoms with Crippen molar-refractivity contribution in [2.24, 2.45) is 0 Å². The van der Waals surface area contributed by atoms with Gasteiger partial charge in [0.15, 0.2) is 0 Å².